The van der Waals surface area contributed by atoms with Crippen LogP contribution in [0, 0.1) is 11.8 Å². The van der Waals surface area contributed by atoms with Gasteiger partial charge in [0.05, 0.1) is 12.2 Å². The Bertz CT molecular complexity index is 120. The van der Waals surface area contributed by atoms with Crippen LogP contribution in [0.2, 0.25) is 0 Å². The predicted molar refractivity (Wildman–Crippen MR) is 36.2 cm³/mol. The molecule has 2 fully saturated rings. The highest BCUT2D eigenvalue weighted by molar-refractivity contribution is 4.95. The first-order valence-electron chi connectivity index (χ1n) is 3.94. The van der Waals surface area contributed by atoms with E-state index in [1.807, 2.05) is 0 Å². The zero-order valence-corrected chi connectivity index (χ0v) is 6.13. The van der Waals surface area contributed by atoms with E-state index in [0.29, 0.717) is 12.2 Å². The lowest BCUT2D eigenvalue weighted by Gasteiger charge is -2.21. The van der Waals surface area contributed by atoms with Crippen LogP contribution in [0.1, 0.15) is 26.7 Å². The van der Waals surface area contributed by atoms with Crippen molar-refractivity contribution in [1.82, 2.24) is 0 Å². The molecule has 4 atom stereocenters. The fourth-order valence-electron chi connectivity index (χ4n) is 1.87. The minimum absolute atomic E-state index is 0.647. The lowest BCUT2D eigenvalue weighted by Crippen LogP contribution is -2.21. The molecule has 0 amide bonds. The largest absolute Gasteiger partial charge is 0.369 e. The van der Waals surface area contributed by atoms with Crippen molar-refractivity contribution in [3.05, 3.63) is 0 Å². The quantitative estimate of drug-likeness (QED) is 0.451. The minimum Gasteiger partial charge on any atom is -0.369 e. The summed E-state index contributed by atoms with van der Waals surface area (Å²) in [5.41, 5.74) is 0. The molecule has 0 N–H and O–H groups in total. The van der Waals surface area contributed by atoms with Crippen molar-refractivity contribution in [3.63, 3.8) is 0 Å². The van der Waals surface area contributed by atoms with Crippen molar-refractivity contribution < 1.29 is 4.74 Å². The first kappa shape index (κ1) is 5.72. The minimum atomic E-state index is 0.647. The zero-order chi connectivity index (χ0) is 6.43. The fourth-order valence-corrected chi connectivity index (χ4v) is 1.87. The Balaban J connectivity index is 2.02. The van der Waals surface area contributed by atoms with Gasteiger partial charge >= 0.3 is 0 Å². The van der Waals surface area contributed by atoms with Gasteiger partial charge in [0.15, 0.2) is 0 Å². The van der Waals surface area contributed by atoms with Gasteiger partial charge in [-0.05, 0) is 24.7 Å². The highest BCUT2D eigenvalue weighted by Crippen LogP contribution is 2.43. The molecule has 2 aliphatic rings. The third-order valence-electron chi connectivity index (χ3n) is 2.94. The molecule has 1 saturated heterocycles. The van der Waals surface area contributed by atoms with E-state index < -0.39 is 0 Å². The van der Waals surface area contributed by atoms with Gasteiger partial charge in [-0.15, -0.1) is 0 Å². The van der Waals surface area contributed by atoms with Crippen LogP contribution < -0.4 is 0 Å². The first-order valence-corrected chi connectivity index (χ1v) is 3.94. The Labute approximate surface area is 56.4 Å². The molecule has 2 rings (SSSR count). The molecule has 9 heavy (non-hydrogen) atoms. The predicted octanol–water partition coefficient (Wildman–Crippen LogP) is 1.82. The van der Waals surface area contributed by atoms with Crippen molar-refractivity contribution in [3.8, 4) is 0 Å². The summed E-state index contributed by atoms with van der Waals surface area (Å²) >= 11 is 0. The molecular formula is C8H14O. The van der Waals surface area contributed by atoms with E-state index in [4.69, 9.17) is 4.74 Å². The smallest absolute Gasteiger partial charge is 0.0869 e. The molecule has 0 bridgehead atoms. The summed E-state index contributed by atoms with van der Waals surface area (Å²) in [7, 11) is 0. The van der Waals surface area contributed by atoms with Crippen molar-refractivity contribution in [2.75, 3.05) is 0 Å². The number of hydrogen-bond acceptors (Lipinski definition) is 1. The van der Waals surface area contributed by atoms with Gasteiger partial charge in [-0.2, -0.15) is 0 Å². The van der Waals surface area contributed by atoms with Crippen LogP contribution in [-0.2, 0) is 4.74 Å². The fraction of sp³-hybridized carbons (Fsp3) is 1.00. The molecule has 0 radical (unpaired) electrons. The van der Waals surface area contributed by atoms with Crippen LogP contribution in [0.15, 0.2) is 0 Å². The van der Waals surface area contributed by atoms with Crippen LogP contribution in [0.3, 0.4) is 0 Å². The molecule has 0 aromatic rings. The molecule has 0 aromatic carbocycles. The second-order valence-corrected chi connectivity index (χ2v) is 3.55. The van der Waals surface area contributed by atoms with E-state index in [2.05, 4.69) is 13.8 Å². The van der Waals surface area contributed by atoms with Gasteiger partial charge in [0, 0.05) is 0 Å². The van der Waals surface area contributed by atoms with Crippen molar-refractivity contribution in [2.45, 2.75) is 38.9 Å². The molecule has 4 unspecified atom stereocenters. The lowest BCUT2D eigenvalue weighted by atomic mass is 9.82. The average Bonchev–Trinajstić information content (AvgIpc) is 2.58. The number of hydrogen-bond donors (Lipinski definition) is 0. The van der Waals surface area contributed by atoms with Gasteiger partial charge < -0.3 is 4.74 Å². The van der Waals surface area contributed by atoms with Gasteiger partial charge in [-0.3, -0.25) is 0 Å². The monoisotopic (exact) mass is 126 g/mol. The van der Waals surface area contributed by atoms with E-state index >= 15 is 0 Å². The Morgan fingerprint density at radius 1 is 1.22 bits per heavy atom. The first-order chi connectivity index (χ1) is 4.29. The third kappa shape index (κ3) is 0.787. The summed E-state index contributed by atoms with van der Waals surface area (Å²) < 4.78 is 5.46. The second-order valence-electron chi connectivity index (χ2n) is 3.55. The maximum Gasteiger partial charge on any atom is 0.0869 e. The summed E-state index contributed by atoms with van der Waals surface area (Å²) in [6.45, 7) is 4.65. The van der Waals surface area contributed by atoms with E-state index in [1.165, 1.54) is 12.8 Å². The van der Waals surface area contributed by atoms with Crippen LogP contribution in [0.4, 0.5) is 0 Å². The highest BCUT2D eigenvalue weighted by Gasteiger charge is 2.47. The molecule has 1 heterocycles. The van der Waals surface area contributed by atoms with E-state index in [9.17, 15) is 0 Å². The highest BCUT2D eigenvalue weighted by atomic mass is 16.6. The second kappa shape index (κ2) is 1.72. The number of rotatable bonds is 0. The van der Waals surface area contributed by atoms with Crippen LogP contribution in [0.5, 0.6) is 0 Å². The zero-order valence-electron chi connectivity index (χ0n) is 6.13. The SMILES string of the molecule is CC1CCC2OC2C1C. The maximum absolute atomic E-state index is 5.46. The average molecular weight is 126 g/mol. The summed E-state index contributed by atoms with van der Waals surface area (Å²) in [5.74, 6) is 1.72. The van der Waals surface area contributed by atoms with Crippen molar-refractivity contribution in [1.29, 1.82) is 0 Å². The molecule has 1 heteroatoms. The van der Waals surface area contributed by atoms with Crippen LogP contribution in [-0.4, -0.2) is 12.2 Å². The van der Waals surface area contributed by atoms with Crippen LogP contribution in [0.25, 0.3) is 0 Å². The molecule has 0 aromatic heterocycles. The van der Waals surface area contributed by atoms with Crippen LogP contribution >= 0.6 is 0 Å². The van der Waals surface area contributed by atoms with Gasteiger partial charge in [0.25, 0.3) is 0 Å². The summed E-state index contributed by atoms with van der Waals surface area (Å²) in [4.78, 5) is 0. The molecule has 1 aliphatic heterocycles. The molecule has 1 saturated carbocycles. The Morgan fingerprint density at radius 3 is 2.67 bits per heavy atom. The third-order valence-corrected chi connectivity index (χ3v) is 2.94. The molecule has 1 aliphatic carbocycles. The van der Waals surface area contributed by atoms with E-state index in [0.717, 1.165) is 11.8 Å². The van der Waals surface area contributed by atoms with Gasteiger partial charge in [-0.1, -0.05) is 13.8 Å². The van der Waals surface area contributed by atoms with Gasteiger partial charge in [-0.25, -0.2) is 0 Å². The van der Waals surface area contributed by atoms with Gasteiger partial charge in [0.1, 0.15) is 0 Å². The topological polar surface area (TPSA) is 12.5 Å². The normalized spacial score (nSPS) is 56.7. The Kier molecular flexibility index (Phi) is 1.10. The molecule has 52 valence electrons. The Morgan fingerprint density at radius 2 is 2.00 bits per heavy atom. The summed E-state index contributed by atoms with van der Waals surface area (Å²) in [6, 6.07) is 0. The van der Waals surface area contributed by atoms with Gasteiger partial charge in [0.2, 0.25) is 0 Å². The summed E-state index contributed by atoms with van der Waals surface area (Å²) in [5, 5.41) is 0. The Hall–Kier alpha value is -0.0400. The number of ether oxygens (including phenoxy) is 1. The number of epoxide rings is 1. The molecule has 1 nitrogen and oxygen atoms in total. The standard InChI is InChI=1S/C8H14O/c1-5-3-4-7-8(9-7)6(5)2/h5-8H,3-4H2,1-2H3. The van der Waals surface area contributed by atoms with E-state index in [1.54, 1.807) is 0 Å². The molecule has 0 spiro atoms. The summed E-state index contributed by atoms with van der Waals surface area (Å²) in [6.07, 6.45) is 4.00. The maximum atomic E-state index is 5.46. The lowest BCUT2D eigenvalue weighted by molar-refractivity contribution is 0.280. The van der Waals surface area contributed by atoms with Crippen molar-refractivity contribution >= 4 is 0 Å². The van der Waals surface area contributed by atoms with E-state index in [-0.39, 0.29) is 0 Å². The van der Waals surface area contributed by atoms with Crippen molar-refractivity contribution in [2.24, 2.45) is 11.8 Å². The number of fused-ring (bicyclic) bond motifs is 1. The molecular weight excluding hydrogens is 112 g/mol.